The minimum absolute atomic E-state index is 0.0630. The molecule has 0 amide bonds. The summed E-state index contributed by atoms with van der Waals surface area (Å²) < 4.78 is 5.45. The van der Waals surface area contributed by atoms with Gasteiger partial charge in [-0.25, -0.2) is 0 Å². The molecule has 0 aliphatic carbocycles. The first-order valence-electron chi connectivity index (χ1n) is 3.31. The Hall–Kier alpha value is -0.810. The van der Waals surface area contributed by atoms with Crippen LogP contribution in [0.4, 0.5) is 0 Å². The van der Waals surface area contributed by atoms with E-state index >= 15 is 0 Å². The number of carboxylic acid groups (broad SMARTS) is 1. The van der Waals surface area contributed by atoms with Crippen LogP contribution in [0.5, 0.6) is 0 Å². The molecule has 4 nitrogen and oxygen atoms in total. The fourth-order valence-electron chi connectivity index (χ4n) is 0.901. The summed E-state index contributed by atoms with van der Waals surface area (Å²) in [5.74, 6) is -1.64. The maximum absolute atomic E-state index is 10.6. The Morgan fingerprint density at radius 2 is 2.42 bits per heavy atom. The first kappa shape index (κ1) is 9.28. The van der Waals surface area contributed by atoms with Crippen molar-refractivity contribution in [2.24, 2.45) is 5.73 Å². The van der Waals surface area contributed by atoms with Crippen molar-refractivity contribution >= 4 is 21.9 Å². The molecule has 1 unspecified atom stereocenters. The van der Waals surface area contributed by atoms with E-state index in [-0.39, 0.29) is 6.54 Å². The molecule has 0 spiro atoms. The lowest BCUT2D eigenvalue weighted by molar-refractivity contribution is -0.138. The van der Waals surface area contributed by atoms with Crippen molar-refractivity contribution in [3.05, 3.63) is 22.6 Å². The predicted octanol–water partition coefficient (Wildman–Crippen LogP) is 1.17. The third kappa shape index (κ3) is 1.67. The maximum atomic E-state index is 10.6. The molecule has 1 aromatic heterocycles. The van der Waals surface area contributed by atoms with Gasteiger partial charge < -0.3 is 15.3 Å². The normalized spacial score (nSPS) is 12.8. The Morgan fingerprint density at radius 1 is 1.75 bits per heavy atom. The molecule has 1 heterocycles. The van der Waals surface area contributed by atoms with Gasteiger partial charge in [0.25, 0.3) is 0 Å². The second-order valence-corrected chi connectivity index (χ2v) is 3.16. The van der Waals surface area contributed by atoms with Gasteiger partial charge in [0.05, 0.1) is 16.7 Å². The summed E-state index contributed by atoms with van der Waals surface area (Å²) >= 11 is 3.16. The van der Waals surface area contributed by atoms with E-state index in [9.17, 15) is 4.79 Å². The first-order chi connectivity index (χ1) is 5.66. The fourth-order valence-corrected chi connectivity index (χ4v) is 1.38. The molecule has 0 aromatic carbocycles. The number of hydrogen-bond acceptors (Lipinski definition) is 3. The van der Waals surface area contributed by atoms with Gasteiger partial charge in [-0.05, 0) is 15.9 Å². The standard InChI is InChI=1S/C7H8BrNO3/c8-6-3-12-2-5(6)4(1-9)7(10)11/h2-4H,1,9H2,(H,10,11). The molecule has 12 heavy (non-hydrogen) atoms. The predicted molar refractivity (Wildman–Crippen MR) is 45.8 cm³/mol. The van der Waals surface area contributed by atoms with Crippen molar-refractivity contribution in [1.82, 2.24) is 0 Å². The van der Waals surface area contributed by atoms with Gasteiger partial charge in [0, 0.05) is 12.1 Å². The average molecular weight is 234 g/mol. The Labute approximate surface area is 77.5 Å². The average Bonchev–Trinajstić information content (AvgIpc) is 2.38. The second-order valence-electron chi connectivity index (χ2n) is 2.30. The molecule has 5 heteroatoms. The Morgan fingerprint density at radius 3 is 2.75 bits per heavy atom. The zero-order valence-electron chi connectivity index (χ0n) is 6.16. The van der Waals surface area contributed by atoms with Gasteiger partial charge in [-0.2, -0.15) is 0 Å². The third-order valence-corrected chi connectivity index (χ3v) is 2.20. The van der Waals surface area contributed by atoms with E-state index in [1.807, 2.05) is 0 Å². The molecule has 0 aliphatic heterocycles. The lowest BCUT2D eigenvalue weighted by Crippen LogP contribution is -2.20. The number of furan rings is 1. The second kappa shape index (κ2) is 3.73. The van der Waals surface area contributed by atoms with Crippen LogP contribution in [-0.2, 0) is 4.79 Å². The van der Waals surface area contributed by atoms with Gasteiger partial charge in [-0.15, -0.1) is 0 Å². The highest BCUT2D eigenvalue weighted by Gasteiger charge is 2.21. The molecule has 3 N–H and O–H groups in total. The van der Waals surface area contributed by atoms with E-state index in [2.05, 4.69) is 15.9 Å². The number of hydrogen-bond donors (Lipinski definition) is 2. The van der Waals surface area contributed by atoms with Gasteiger partial charge in [0.15, 0.2) is 0 Å². The SMILES string of the molecule is NCC(C(=O)O)c1cocc1Br. The highest BCUT2D eigenvalue weighted by atomic mass is 79.9. The summed E-state index contributed by atoms with van der Waals surface area (Å²) in [6.07, 6.45) is 2.82. The van der Waals surface area contributed by atoms with E-state index in [0.29, 0.717) is 10.0 Å². The number of carboxylic acids is 1. The maximum Gasteiger partial charge on any atom is 0.312 e. The van der Waals surface area contributed by atoms with Crippen molar-refractivity contribution in [3.63, 3.8) is 0 Å². The Bertz CT molecular complexity index is 284. The molecule has 1 rings (SSSR count). The van der Waals surface area contributed by atoms with Gasteiger partial charge in [-0.1, -0.05) is 0 Å². The molecular weight excluding hydrogens is 226 g/mol. The zero-order valence-corrected chi connectivity index (χ0v) is 7.74. The van der Waals surface area contributed by atoms with Crippen LogP contribution in [0.15, 0.2) is 21.4 Å². The number of halogens is 1. The molecule has 0 aliphatic rings. The molecule has 66 valence electrons. The third-order valence-electron chi connectivity index (χ3n) is 1.55. The Kier molecular flexibility index (Phi) is 2.88. The molecule has 1 aromatic rings. The summed E-state index contributed by atoms with van der Waals surface area (Å²) in [7, 11) is 0. The van der Waals surface area contributed by atoms with E-state index < -0.39 is 11.9 Å². The van der Waals surface area contributed by atoms with Crippen molar-refractivity contribution in [2.75, 3.05) is 6.54 Å². The summed E-state index contributed by atoms with van der Waals surface area (Å²) in [6, 6.07) is 0. The van der Waals surface area contributed by atoms with Crippen LogP contribution < -0.4 is 5.73 Å². The van der Waals surface area contributed by atoms with E-state index in [1.165, 1.54) is 12.5 Å². The van der Waals surface area contributed by atoms with Crippen molar-refractivity contribution in [2.45, 2.75) is 5.92 Å². The smallest absolute Gasteiger partial charge is 0.312 e. The highest BCUT2D eigenvalue weighted by molar-refractivity contribution is 9.10. The molecule has 0 saturated heterocycles. The van der Waals surface area contributed by atoms with Gasteiger partial charge >= 0.3 is 5.97 Å². The topological polar surface area (TPSA) is 76.5 Å². The summed E-state index contributed by atoms with van der Waals surface area (Å²) in [6.45, 7) is 0.0630. The molecule has 1 atom stereocenters. The summed E-state index contributed by atoms with van der Waals surface area (Å²) in [5, 5.41) is 8.73. The Balaban J connectivity index is 2.94. The number of rotatable bonds is 3. The fraction of sp³-hybridized carbons (Fsp3) is 0.286. The molecule has 0 saturated carbocycles. The van der Waals surface area contributed by atoms with Crippen LogP contribution in [0.25, 0.3) is 0 Å². The van der Waals surface area contributed by atoms with Gasteiger partial charge in [-0.3, -0.25) is 4.79 Å². The summed E-state index contributed by atoms with van der Waals surface area (Å²) in [4.78, 5) is 10.6. The molecule has 0 fully saturated rings. The van der Waals surface area contributed by atoms with Crippen LogP contribution in [-0.4, -0.2) is 17.6 Å². The van der Waals surface area contributed by atoms with Crippen LogP contribution in [0.1, 0.15) is 11.5 Å². The first-order valence-corrected chi connectivity index (χ1v) is 4.10. The lowest BCUT2D eigenvalue weighted by Gasteiger charge is -2.06. The minimum Gasteiger partial charge on any atom is -0.481 e. The van der Waals surface area contributed by atoms with E-state index in [0.717, 1.165) is 0 Å². The zero-order chi connectivity index (χ0) is 9.14. The van der Waals surface area contributed by atoms with Crippen LogP contribution >= 0.6 is 15.9 Å². The highest BCUT2D eigenvalue weighted by Crippen LogP contribution is 2.25. The number of carbonyl (C=O) groups is 1. The van der Waals surface area contributed by atoms with E-state index in [1.54, 1.807) is 0 Å². The van der Waals surface area contributed by atoms with E-state index in [4.69, 9.17) is 15.3 Å². The van der Waals surface area contributed by atoms with Crippen molar-refractivity contribution in [1.29, 1.82) is 0 Å². The number of aliphatic carboxylic acids is 1. The van der Waals surface area contributed by atoms with Crippen molar-refractivity contribution < 1.29 is 14.3 Å². The van der Waals surface area contributed by atoms with Crippen LogP contribution in [0.2, 0.25) is 0 Å². The van der Waals surface area contributed by atoms with Crippen LogP contribution in [0.3, 0.4) is 0 Å². The van der Waals surface area contributed by atoms with Crippen molar-refractivity contribution in [3.8, 4) is 0 Å². The van der Waals surface area contributed by atoms with Gasteiger partial charge in [0.2, 0.25) is 0 Å². The quantitative estimate of drug-likeness (QED) is 0.822. The summed E-state index contributed by atoms with van der Waals surface area (Å²) in [5.41, 5.74) is 5.86. The number of nitrogens with two attached hydrogens (primary N) is 1. The molecule has 0 radical (unpaired) electrons. The minimum atomic E-state index is -0.945. The molecule has 0 bridgehead atoms. The monoisotopic (exact) mass is 233 g/mol. The lowest BCUT2D eigenvalue weighted by atomic mass is 10.0. The molecular formula is C7H8BrNO3. The van der Waals surface area contributed by atoms with Crippen LogP contribution in [0, 0.1) is 0 Å². The largest absolute Gasteiger partial charge is 0.481 e. The van der Waals surface area contributed by atoms with Gasteiger partial charge in [0.1, 0.15) is 6.26 Å².